The molecule has 0 radical (unpaired) electrons. The number of likely N-dealkylation sites (N-methyl/N-ethyl adjacent to an activating group) is 1. The second kappa shape index (κ2) is 13.0. The van der Waals surface area contributed by atoms with Crippen LogP contribution in [0.1, 0.15) is 76.8 Å². The lowest BCUT2D eigenvalue weighted by Gasteiger charge is -2.28. The second-order valence-corrected chi connectivity index (χ2v) is 13.1. The lowest BCUT2D eigenvalue weighted by Crippen LogP contribution is -2.38. The van der Waals surface area contributed by atoms with Gasteiger partial charge in [-0.3, -0.25) is 4.79 Å². The van der Waals surface area contributed by atoms with Gasteiger partial charge in [-0.05, 0) is 65.0 Å². The van der Waals surface area contributed by atoms with Gasteiger partial charge >= 0.3 is 6.09 Å². The summed E-state index contributed by atoms with van der Waals surface area (Å²) < 4.78 is 34.1. The van der Waals surface area contributed by atoms with Crippen LogP contribution in [0.15, 0.2) is 29.3 Å². The van der Waals surface area contributed by atoms with Gasteiger partial charge in [-0.1, -0.05) is 19.1 Å². The molecule has 1 heterocycles. The Morgan fingerprint density at radius 1 is 1.16 bits per heavy atom. The fourth-order valence-corrected chi connectivity index (χ4v) is 6.96. The summed E-state index contributed by atoms with van der Waals surface area (Å²) in [6, 6.07) is 5.34. The van der Waals surface area contributed by atoms with E-state index in [1.165, 1.54) is 11.3 Å². The third-order valence-corrected chi connectivity index (χ3v) is 9.50. The number of sulfonamides is 1. The molecule has 0 bridgehead atoms. The first kappa shape index (κ1) is 30.0. The van der Waals surface area contributed by atoms with Crippen LogP contribution in [-0.2, 0) is 26.0 Å². The van der Waals surface area contributed by atoms with E-state index in [-0.39, 0.29) is 54.0 Å². The van der Waals surface area contributed by atoms with Crippen LogP contribution >= 0.6 is 11.3 Å². The number of aromatic nitrogens is 1. The molecule has 9 nitrogen and oxygen atoms in total. The Bertz CT molecular complexity index is 1220. The first-order valence-corrected chi connectivity index (χ1v) is 15.5. The first-order chi connectivity index (χ1) is 17.9. The highest BCUT2D eigenvalue weighted by molar-refractivity contribution is 7.89. The third kappa shape index (κ3) is 7.77. The lowest BCUT2D eigenvalue weighted by molar-refractivity contribution is -0.130. The molecule has 1 aromatic heterocycles. The average Bonchev–Trinajstić information content (AvgIpc) is 3.33. The molecule has 2 aromatic rings. The first-order valence-electron chi connectivity index (χ1n) is 13.2. The maximum atomic E-state index is 13.1. The molecule has 11 heteroatoms. The van der Waals surface area contributed by atoms with Gasteiger partial charge in [0, 0.05) is 43.4 Å². The Kier molecular flexibility index (Phi) is 10.3. The van der Waals surface area contributed by atoms with E-state index in [1.807, 2.05) is 33.8 Å². The quantitative estimate of drug-likeness (QED) is 0.433. The molecule has 2 amide bonds. The van der Waals surface area contributed by atoms with Crippen LogP contribution < -0.4 is 10.0 Å². The number of carbonyl (C=O) groups excluding carboxylic acids is 2. The summed E-state index contributed by atoms with van der Waals surface area (Å²) in [5.41, 5.74) is 1.23. The largest absolute Gasteiger partial charge is 0.447 e. The summed E-state index contributed by atoms with van der Waals surface area (Å²) in [5.74, 6) is 0.187. The summed E-state index contributed by atoms with van der Waals surface area (Å²) in [6.45, 7) is 9.52. The molecule has 3 rings (SSSR count). The second-order valence-electron chi connectivity index (χ2n) is 10.3. The molecule has 0 atom stereocenters. The Hall–Kier alpha value is -2.50. The molecule has 1 saturated carbocycles. The predicted molar refractivity (Wildman–Crippen MR) is 150 cm³/mol. The van der Waals surface area contributed by atoms with Crippen LogP contribution in [0.4, 0.5) is 4.79 Å². The van der Waals surface area contributed by atoms with E-state index in [0.717, 1.165) is 35.6 Å². The zero-order valence-electron chi connectivity index (χ0n) is 23.1. The van der Waals surface area contributed by atoms with Crippen molar-refractivity contribution >= 4 is 33.4 Å². The Balaban J connectivity index is 1.79. The van der Waals surface area contributed by atoms with E-state index in [4.69, 9.17) is 4.74 Å². The van der Waals surface area contributed by atoms with Crippen LogP contribution in [0, 0.1) is 0 Å². The van der Waals surface area contributed by atoms with Crippen molar-refractivity contribution in [1.82, 2.24) is 19.9 Å². The van der Waals surface area contributed by atoms with Crippen molar-refractivity contribution in [2.45, 2.75) is 95.7 Å². The minimum absolute atomic E-state index is 0.0575. The van der Waals surface area contributed by atoms with Crippen molar-refractivity contribution in [2.75, 3.05) is 13.6 Å². The molecule has 1 aromatic carbocycles. The lowest BCUT2D eigenvalue weighted by atomic mass is 9.86. The SMILES string of the molecule is CCNS(=O)(=O)c1cc(CC(=O)N(C)C(C)C)ccc1-c1cnc([C@H]2CC[C@H](NC(=O)OC(C)C)CC2)s1. The minimum Gasteiger partial charge on any atom is -0.447 e. The summed E-state index contributed by atoms with van der Waals surface area (Å²) in [4.78, 5) is 31.8. The normalized spacial score (nSPS) is 18.0. The van der Waals surface area contributed by atoms with Gasteiger partial charge < -0.3 is 15.0 Å². The van der Waals surface area contributed by atoms with Gasteiger partial charge in [0.1, 0.15) is 0 Å². The standard InChI is InChI=1S/C27H40N4O5S2/c1-7-29-38(34,35)24-14-19(15-25(32)31(6)17(2)3)8-13-22(24)23-16-28-26(37-23)20-9-11-21(12-10-20)30-27(33)36-18(4)5/h8,13-14,16-18,20-21,29H,7,9-12,15H2,1-6H3,(H,30,33)/t20-,21-. The van der Waals surface area contributed by atoms with E-state index in [2.05, 4.69) is 15.0 Å². The number of alkyl carbamates (subject to hydrolysis) is 1. The zero-order chi connectivity index (χ0) is 28.0. The summed E-state index contributed by atoms with van der Waals surface area (Å²) in [6.07, 6.45) is 4.76. The Morgan fingerprint density at radius 3 is 2.45 bits per heavy atom. The fraction of sp³-hybridized carbons (Fsp3) is 0.593. The van der Waals surface area contributed by atoms with Crippen LogP contribution in [-0.4, -0.2) is 62.1 Å². The van der Waals surface area contributed by atoms with E-state index in [0.29, 0.717) is 11.1 Å². The Morgan fingerprint density at radius 2 is 1.84 bits per heavy atom. The van der Waals surface area contributed by atoms with Gasteiger partial charge in [0.05, 0.1) is 27.3 Å². The van der Waals surface area contributed by atoms with Crippen LogP contribution in [0.25, 0.3) is 10.4 Å². The number of nitrogens with one attached hydrogen (secondary N) is 2. The number of ether oxygens (including phenoxy) is 1. The fourth-order valence-electron chi connectivity index (χ4n) is 4.46. The van der Waals surface area contributed by atoms with Crippen LogP contribution in [0.3, 0.4) is 0 Å². The molecule has 0 aliphatic heterocycles. The highest BCUT2D eigenvalue weighted by Gasteiger charge is 2.27. The number of hydrogen-bond donors (Lipinski definition) is 2. The molecule has 1 aliphatic carbocycles. The molecule has 0 spiro atoms. The van der Waals surface area contributed by atoms with E-state index >= 15 is 0 Å². The molecule has 1 fully saturated rings. The number of thiazole rings is 1. The van der Waals surface area contributed by atoms with Gasteiger partial charge in [0.25, 0.3) is 0 Å². The number of nitrogens with zero attached hydrogens (tertiary/aromatic N) is 2. The van der Waals surface area contributed by atoms with Gasteiger partial charge in [-0.25, -0.2) is 22.9 Å². The van der Waals surface area contributed by atoms with Gasteiger partial charge in [0.2, 0.25) is 15.9 Å². The van der Waals surface area contributed by atoms with Crippen molar-refractivity contribution in [1.29, 1.82) is 0 Å². The van der Waals surface area contributed by atoms with Crippen molar-refractivity contribution in [3.05, 3.63) is 35.0 Å². The highest BCUT2D eigenvalue weighted by Crippen LogP contribution is 2.39. The van der Waals surface area contributed by atoms with Crippen molar-refractivity contribution in [3.63, 3.8) is 0 Å². The van der Waals surface area contributed by atoms with Gasteiger partial charge in [0.15, 0.2) is 0 Å². The van der Waals surface area contributed by atoms with E-state index in [1.54, 1.807) is 37.2 Å². The average molecular weight is 565 g/mol. The number of amides is 2. The smallest absolute Gasteiger partial charge is 0.407 e. The topological polar surface area (TPSA) is 118 Å². The van der Waals surface area contributed by atoms with Crippen LogP contribution in [0.2, 0.25) is 0 Å². The van der Waals surface area contributed by atoms with E-state index < -0.39 is 10.0 Å². The zero-order valence-corrected chi connectivity index (χ0v) is 24.7. The molecule has 0 unspecified atom stereocenters. The summed E-state index contributed by atoms with van der Waals surface area (Å²) in [5, 5.41) is 3.91. The molecule has 1 aliphatic rings. The molecule has 0 saturated heterocycles. The maximum Gasteiger partial charge on any atom is 0.407 e. The maximum absolute atomic E-state index is 13.1. The monoisotopic (exact) mass is 564 g/mol. The van der Waals surface area contributed by atoms with Gasteiger partial charge in [-0.15, -0.1) is 11.3 Å². The highest BCUT2D eigenvalue weighted by atomic mass is 32.2. The van der Waals surface area contributed by atoms with Crippen molar-refractivity contribution in [2.24, 2.45) is 0 Å². The van der Waals surface area contributed by atoms with Gasteiger partial charge in [-0.2, -0.15) is 0 Å². The number of carbonyl (C=O) groups is 2. The number of hydrogen-bond acceptors (Lipinski definition) is 7. The van der Waals surface area contributed by atoms with E-state index in [9.17, 15) is 18.0 Å². The number of rotatable bonds is 10. The van der Waals surface area contributed by atoms with Crippen molar-refractivity contribution in [3.8, 4) is 10.4 Å². The molecular formula is C27H40N4O5S2. The minimum atomic E-state index is -3.78. The Labute approximate surface area is 230 Å². The molecule has 2 N–H and O–H groups in total. The predicted octanol–water partition coefficient (Wildman–Crippen LogP) is 4.68. The molecule has 210 valence electrons. The molecule has 38 heavy (non-hydrogen) atoms. The van der Waals surface area contributed by atoms with Crippen molar-refractivity contribution < 1.29 is 22.7 Å². The molecular weight excluding hydrogens is 524 g/mol. The number of benzene rings is 1. The summed E-state index contributed by atoms with van der Waals surface area (Å²) >= 11 is 1.50. The summed E-state index contributed by atoms with van der Waals surface area (Å²) in [7, 11) is -2.03. The third-order valence-electron chi connectivity index (χ3n) is 6.72. The van der Waals surface area contributed by atoms with Crippen LogP contribution in [0.5, 0.6) is 0 Å².